The van der Waals surface area contributed by atoms with Gasteiger partial charge in [-0.15, -0.1) is 0 Å². The molecule has 27 heavy (non-hydrogen) atoms. The predicted molar refractivity (Wildman–Crippen MR) is 97.4 cm³/mol. The monoisotopic (exact) mass is 375 g/mol. The number of anilines is 3. The van der Waals surface area contributed by atoms with E-state index in [0.717, 1.165) is 0 Å². The SMILES string of the molecule is C=CC(=O)N1CCN(c2nccnc2Nc2ccc(OC(F)F)cc2)CC1. The van der Waals surface area contributed by atoms with Crippen LogP contribution in [0.2, 0.25) is 0 Å². The molecule has 0 aliphatic carbocycles. The van der Waals surface area contributed by atoms with Crippen LogP contribution >= 0.6 is 0 Å². The van der Waals surface area contributed by atoms with Gasteiger partial charge in [0, 0.05) is 44.3 Å². The third kappa shape index (κ3) is 4.69. The number of halogens is 2. The lowest BCUT2D eigenvalue weighted by molar-refractivity contribution is -0.126. The Kier molecular flexibility index (Phi) is 5.80. The summed E-state index contributed by atoms with van der Waals surface area (Å²) in [5.74, 6) is 1.20. The molecule has 1 aliphatic heterocycles. The number of ether oxygens (including phenoxy) is 1. The maximum Gasteiger partial charge on any atom is 0.387 e. The molecule has 142 valence electrons. The van der Waals surface area contributed by atoms with Crippen LogP contribution in [0.4, 0.5) is 26.1 Å². The molecule has 0 radical (unpaired) electrons. The second-order valence-corrected chi connectivity index (χ2v) is 5.77. The van der Waals surface area contributed by atoms with Crippen LogP contribution < -0.4 is 15.0 Å². The molecule has 2 aromatic rings. The van der Waals surface area contributed by atoms with Gasteiger partial charge in [0.05, 0.1) is 0 Å². The number of hydrogen-bond donors (Lipinski definition) is 1. The first-order valence-electron chi connectivity index (χ1n) is 8.36. The first kappa shape index (κ1) is 18.6. The van der Waals surface area contributed by atoms with Gasteiger partial charge in [-0.05, 0) is 30.3 Å². The van der Waals surface area contributed by atoms with Crippen LogP contribution in [0.15, 0.2) is 49.3 Å². The van der Waals surface area contributed by atoms with E-state index in [1.807, 2.05) is 4.90 Å². The molecule has 7 nitrogen and oxygen atoms in total. The van der Waals surface area contributed by atoms with E-state index in [1.165, 1.54) is 18.2 Å². The molecule has 1 saturated heterocycles. The molecule has 1 amide bonds. The standard InChI is InChI=1S/C18H19F2N5O2/c1-2-15(26)24-9-11-25(12-10-24)17-16(21-7-8-22-17)23-13-3-5-14(6-4-13)27-18(19)20/h2-8,18H,1,9-12H2,(H,21,23). The minimum atomic E-state index is -2.86. The molecule has 1 aromatic heterocycles. The molecule has 1 aromatic carbocycles. The highest BCUT2D eigenvalue weighted by molar-refractivity contribution is 5.87. The van der Waals surface area contributed by atoms with Crippen LogP contribution in [-0.4, -0.2) is 53.6 Å². The Morgan fingerprint density at radius 2 is 1.81 bits per heavy atom. The van der Waals surface area contributed by atoms with E-state index in [1.54, 1.807) is 29.4 Å². The summed E-state index contributed by atoms with van der Waals surface area (Å²) in [6.45, 7) is 3.03. The number of carbonyl (C=O) groups excluding carboxylic acids is 1. The third-order valence-corrected chi connectivity index (χ3v) is 4.09. The quantitative estimate of drug-likeness (QED) is 0.783. The summed E-state index contributed by atoms with van der Waals surface area (Å²) in [7, 11) is 0. The van der Waals surface area contributed by atoms with Gasteiger partial charge in [-0.3, -0.25) is 4.79 Å². The van der Waals surface area contributed by atoms with Gasteiger partial charge in [0.2, 0.25) is 5.91 Å². The minimum absolute atomic E-state index is 0.0814. The van der Waals surface area contributed by atoms with Gasteiger partial charge in [0.15, 0.2) is 11.6 Å². The predicted octanol–water partition coefficient (Wildman–Crippen LogP) is 2.66. The summed E-state index contributed by atoms with van der Waals surface area (Å²) in [5, 5.41) is 3.14. The van der Waals surface area contributed by atoms with Crippen LogP contribution in [-0.2, 0) is 4.79 Å². The number of piperazine rings is 1. The molecule has 0 unspecified atom stereocenters. The molecule has 9 heteroatoms. The fourth-order valence-electron chi connectivity index (χ4n) is 2.77. The molecular weight excluding hydrogens is 356 g/mol. The van der Waals surface area contributed by atoms with E-state index in [9.17, 15) is 13.6 Å². The smallest absolute Gasteiger partial charge is 0.387 e. The third-order valence-electron chi connectivity index (χ3n) is 4.09. The average Bonchev–Trinajstić information content (AvgIpc) is 2.69. The van der Waals surface area contributed by atoms with Gasteiger partial charge in [0.25, 0.3) is 0 Å². The number of nitrogens with one attached hydrogen (secondary N) is 1. The van der Waals surface area contributed by atoms with Crippen molar-refractivity contribution < 1.29 is 18.3 Å². The van der Waals surface area contributed by atoms with Crippen molar-refractivity contribution in [3.8, 4) is 5.75 Å². The summed E-state index contributed by atoms with van der Waals surface area (Å²) in [6, 6.07) is 6.14. The minimum Gasteiger partial charge on any atom is -0.435 e. The highest BCUT2D eigenvalue weighted by Crippen LogP contribution is 2.26. The fourth-order valence-corrected chi connectivity index (χ4v) is 2.77. The molecule has 0 bridgehead atoms. The Hall–Kier alpha value is -3.23. The van der Waals surface area contributed by atoms with Crippen molar-refractivity contribution in [3.05, 3.63) is 49.3 Å². The number of aromatic nitrogens is 2. The van der Waals surface area contributed by atoms with Crippen molar-refractivity contribution in [2.24, 2.45) is 0 Å². The number of carbonyl (C=O) groups is 1. The number of benzene rings is 1. The highest BCUT2D eigenvalue weighted by atomic mass is 19.3. The zero-order chi connectivity index (χ0) is 19.2. The number of rotatable bonds is 6. The summed E-state index contributed by atoms with van der Waals surface area (Å²) in [6.07, 6.45) is 4.48. The lowest BCUT2D eigenvalue weighted by atomic mass is 10.3. The summed E-state index contributed by atoms with van der Waals surface area (Å²) >= 11 is 0. The Labute approximate surface area is 155 Å². The van der Waals surface area contributed by atoms with Gasteiger partial charge in [-0.2, -0.15) is 8.78 Å². The summed E-state index contributed by atoms with van der Waals surface area (Å²) in [4.78, 5) is 24.2. The van der Waals surface area contributed by atoms with Crippen molar-refractivity contribution in [2.75, 3.05) is 36.4 Å². The van der Waals surface area contributed by atoms with Crippen LogP contribution in [0.5, 0.6) is 5.75 Å². The summed E-state index contributed by atoms with van der Waals surface area (Å²) < 4.78 is 28.8. The van der Waals surface area contributed by atoms with Gasteiger partial charge in [-0.25, -0.2) is 9.97 Å². The zero-order valence-electron chi connectivity index (χ0n) is 14.5. The van der Waals surface area contributed by atoms with E-state index in [4.69, 9.17) is 0 Å². The average molecular weight is 375 g/mol. The van der Waals surface area contributed by atoms with Crippen molar-refractivity contribution in [3.63, 3.8) is 0 Å². The van der Waals surface area contributed by atoms with Crippen molar-refractivity contribution in [1.82, 2.24) is 14.9 Å². The Morgan fingerprint density at radius 1 is 1.15 bits per heavy atom. The molecule has 0 saturated carbocycles. The van der Waals surface area contributed by atoms with Gasteiger partial charge < -0.3 is 19.9 Å². The fraction of sp³-hybridized carbons (Fsp3) is 0.278. The van der Waals surface area contributed by atoms with Gasteiger partial charge in [-0.1, -0.05) is 6.58 Å². The van der Waals surface area contributed by atoms with Gasteiger partial charge >= 0.3 is 6.61 Å². The van der Waals surface area contributed by atoms with Crippen LogP contribution in [0.3, 0.4) is 0 Å². The second kappa shape index (κ2) is 8.43. The largest absolute Gasteiger partial charge is 0.435 e. The Balaban J connectivity index is 1.69. The molecule has 0 spiro atoms. The molecule has 1 aliphatic rings. The summed E-state index contributed by atoms with van der Waals surface area (Å²) in [5.41, 5.74) is 0.666. The number of hydrogen-bond acceptors (Lipinski definition) is 6. The number of amides is 1. The number of alkyl halides is 2. The van der Waals surface area contributed by atoms with Crippen LogP contribution in [0.25, 0.3) is 0 Å². The molecule has 1 fully saturated rings. The van der Waals surface area contributed by atoms with Gasteiger partial charge in [0.1, 0.15) is 5.75 Å². The zero-order valence-corrected chi connectivity index (χ0v) is 14.5. The topological polar surface area (TPSA) is 70.6 Å². The normalized spacial score (nSPS) is 14.2. The Bertz CT molecular complexity index is 793. The van der Waals surface area contributed by atoms with E-state index >= 15 is 0 Å². The first-order valence-corrected chi connectivity index (χ1v) is 8.36. The number of nitrogens with zero attached hydrogens (tertiary/aromatic N) is 4. The Morgan fingerprint density at radius 3 is 2.44 bits per heavy atom. The lowest BCUT2D eigenvalue weighted by Crippen LogP contribution is -2.48. The molecule has 3 rings (SSSR count). The molecular formula is C18H19F2N5O2. The molecule has 1 N–H and O–H groups in total. The van der Waals surface area contributed by atoms with E-state index < -0.39 is 6.61 Å². The van der Waals surface area contributed by atoms with E-state index in [2.05, 4.69) is 26.6 Å². The van der Waals surface area contributed by atoms with Crippen LogP contribution in [0.1, 0.15) is 0 Å². The maximum absolute atomic E-state index is 12.2. The maximum atomic E-state index is 12.2. The molecule has 2 heterocycles. The molecule has 0 atom stereocenters. The first-order chi connectivity index (χ1) is 13.1. The highest BCUT2D eigenvalue weighted by Gasteiger charge is 2.22. The van der Waals surface area contributed by atoms with E-state index in [0.29, 0.717) is 43.5 Å². The van der Waals surface area contributed by atoms with Crippen molar-refractivity contribution >= 4 is 23.2 Å². The lowest BCUT2D eigenvalue weighted by Gasteiger charge is -2.35. The van der Waals surface area contributed by atoms with Crippen molar-refractivity contribution in [1.29, 1.82) is 0 Å². The van der Waals surface area contributed by atoms with Crippen LogP contribution in [0, 0.1) is 0 Å². The second-order valence-electron chi connectivity index (χ2n) is 5.77. The van der Waals surface area contributed by atoms with E-state index in [-0.39, 0.29) is 11.7 Å². The van der Waals surface area contributed by atoms with Crippen molar-refractivity contribution in [2.45, 2.75) is 6.61 Å².